The zero-order chi connectivity index (χ0) is 17.6. The van der Waals surface area contributed by atoms with Gasteiger partial charge < -0.3 is 4.90 Å². The number of unbranched alkanes of at least 4 members (excludes halogenated alkanes) is 1. The van der Waals surface area contributed by atoms with E-state index in [9.17, 15) is 9.59 Å². The topological polar surface area (TPSA) is 64.4 Å². The predicted molar refractivity (Wildman–Crippen MR) is 93.1 cm³/mol. The average molecular weight is 333 g/mol. The normalized spacial score (nSPS) is 17.0. The van der Waals surface area contributed by atoms with Crippen LogP contribution in [0.1, 0.15) is 30.0 Å². The minimum atomic E-state index is -0.615. The number of urea groups is 1. The Bertz CT molecular complexity index is 784. The van der Waals surface area contributed by atoms with E-state index < -0.39 is 6.04 Å². The van der Waals surface area contributed by atoms with Crippen LogP contribution >= 0.6 is 0 Å². The third-order valence-electron chi connectivity index (χ3n) is 4.27. The summed E-state index contributed by atoms with van der Waals surface area (Å²) in [5.41, 5.74) is 1.78. The first-order valence-electron chi connectivity index (χ1n) is 8.30. The Morgan fingerprint density at radius 1 is 0.960 bits per heavy atom. The summed E-state index contributed by atoms with van der Waals surface area (Å²) in [6.07, 6.45) is 0.820. The second kappa shape index (κ2) is 7.63. The summed E-state index contributed by atoms with van der Waals surface area (Å²) in [7, 11) is 0. The lowest BCUT2D eigenvalue weighted by Crippen LogP contribution is -2.33. The van der Waals surface area contributed by atoms with Gasteiger partial charge in [0.25, 0.3) is 5.91 Å². The van der Waals surface area contributed by atoms with E-state index in [1.165, 1.54) is 4.90 Å². The molecule has 0 radical (unpaired) electrons. The predicted octanol–water partition coefficient (Wildman–Crippen LogP) is 3.50. The maximum absolute atomic E-state index is 12.9. The van der Waals surface area contributed by atoms with Crippen LogP contribution in [0.25, 0.3) is 0 Å². The van der Waals surface area contributed by atoms with Gasteiger partial charge in [-0.25, -0.2) is 4.79 Å². The number of rotatable bonds is 6. The number of imide groups is 1. The molecule has 0 aliphatic carbocycles. The Balaban J connectivity index is 1.89. The molecule has 3 amide bonds. The van der Waals surface area contributed by atoms with Crippen LogP contribution in [-0.4, -0.2) is 28.3 Å². The van der Waals surface area contributed by atoms with E-state index in [1.54, 1.807) is 4.90 Å². The number of hydrogen-bond acceptors (Lipinski definition) is 3. The smallest absolute Gasteiger partial charge is 0.304 e. The van der Waals surface area contributed by atoms with Gasteiger partial charge in [0, 0.05) is 19.5 Å². The molecule has 0 N–H and O–H groups in total. The first kappa shape index (κ1) is 16.7. The van der Waals surface area contributed by atoms with Gasteiger partial charge in [-0.15, -0.1) is 0 Å². The van der Waals surface area contributed by atoms with E-state index in [4.69, 9.17) is 5.26 Å². The Labute approximate surface area is 147 Å². The second-order valence-electron chi connectivity index (χ2n) is 5.96. The van der Waals surface area contributed by atoms with Gasteiger partial charge in [0.05, 0.1) is 6.07 Å². The van der Waals surface area contributed by atoms with Crippen LogP contribution in [-0.2, 0) is 11.3 Å². The summed E-state index contributed by atoms with van der Waals surface area (Å²) in [6, 6.07) is 20.1. The summed E-state index contributed by atoms with van der Waals surface area (Å²) in [6.45, 7) is 0.652. The molecule has 2 aromatic rings. The number of hydrogen-bond donors (Lipinski definition) is 0. The fourth-order valence-corrected chi connectivity index (χ4v) is 3.06. The van der Waals surface area contributed by atoms with Crippen LogP contribution < -0.4 is 0 Å². The van der Waals surface area contributed by atoms with Crippen molar-refractivity contribution < 1.29 is 9.59 Å². The Kier molecular flexibility index (Phi) is 5.10. The van der Waals surface area contributed by atoms with E-state index in [-0.39, 0.29) is 18.5 Å². The molecule has 1 aliphatic heterocycles. The quantitative estimate of drug-likeness (QED) is 0.600. The van der Waals surface area contributed by atoms with Crippen molar-refractivity contribution in [3.63, 3.8) is 0 Å². The van der Waals surface area contributed by atoms with Gasteiger partial charge in [0.15, 0.2) is 0 Å². The van der Waals surface area contributed by atoms with Gasteiger partial charge in [-0.1, -0.05) is 60.7 Å². The Hall–Kier alpha value is -3.13. The van der Waals surface area contributed by atoms with Crippen LogP contribution in [0.4, 0.5) is 4.79 Å². The first-order valence-corrected chi connectivity index (χ1v) is 8.30. The van der Waals surface area contributed by atoms with E-state index >= 15 is 0 Å². The molecule has 5 nitrogen and oxygen atoms in total. The van der Waals surface area contributed by atoms with E-state index in [0.29, 0.717) is 19.4 Å². The monoisotopic (exact) mass is 333 g/mol. The van der Waals surface area contributed by atoms with Crippen LogP contribution in [0.3, 0.4) is 0 Å². The SMILES string of the molecule is N#CCCCN1C(=O)C(c2ccccc2)N(Cc2ccccc2)C1=O. The summed E-state index contributed by atoms with van der Waals surface area (Å²) < 4.78 is 0. The van der Waals surface area contributed by atoms with E-state index in [0.717, 1.165) is 11.1 Å². The largest absolute Gasteiger partial charge is 0.328 e. The van der Waals surface area contributed by atoms with Crippen molar-refractivity contribution in [2.45, 2.75) is 25.4 Å². The summed E-state index contributed by atoms with van der Waals surface area (Å²) in [4.78, 5) is 28.6. The minimum Gasteiger partial charge on any atom is -0.304 e. The van der Waals surface area contributed by atoms with Crippen molar-refractivity contribution in [2.75, 3.05) is 6.54 Å². The number of amides is 3. The van der Waals surface area contributed by atoms with Crippen molar-refractivity contribution in [1.82, 2.24) is 9.80 Å². The number of nitrogens with zero attached hydrogens (tertiary/aromatic N) is 3. The van der Waals surface area contributed by atoms with Gasteiger partial charge in [-0.3, -0.25) is 9.69 Å². The molecule has 0 saturated carbocycles. The van der Waals surface area contributed by atoms with E-state index in [1.807, 2.05) is 60.7 Å². The fraction of sp³-hybridized carbons (Fsp3) is 0.250. The van der Waals surface area contributed by atoms with Crippen molar-refractivity contribution >= 4 is 11.9 Å². The zero-order valence-electron chi connectivity index (χ0n) is 13.8. The molecule has 5 heteroatoms. The molecule has 1 saturated heterocycles. The third kappa shape index (κ3) is 3.53. The lowest BCUT2D eigenvalue weighted by molar-refractivity contribution is -0.128. The van der Waals surface area contributed by atoms with Crippen LogP contribution in [0.2, 0.25) is 0 Å². The molecule has 1 atom stereocenters. The molecule has 126 valence electrons. The number of benzene rings is 2. The number of nitriles is 1. The molecular weight excluding hydrogens is 314 g/mol. The van der Waals surface area contributed by atoms with Crippen molar-refractivity contribution in [3.8, 4) is 6.07 Å². The summed E-state index contributed by atoms with van der Waals surface area (Å²) in [5.74, 6) is -0.218. The van der Waals surface area contributed by atoms with Gasteiger partial charge in [0.2, 0.25) is 0 Å². The van der Waals surface area contributed by atoms with Crippen LogP contribution in [0.5, 0.6) is 0 Å². The Morgan fingerprint density at radius 2 is 1.60 bits per heavy atom. The highest BCUT2D eigenvalue weighted by molar-refractivity contribution is 6.04. The number of carbonyl (C=O) groups is 2. The zero-order valence-corrected chi connectivity index (χ0v) is 13.8. The molecule has 2 aromatic carbocycles. The van der Waals surface area contributed by atoms with Crippen molar-refractivity contribution in [2.24, 2.45) is 0 Å². The minimum absolute atomic E-state index is 0.218. The molecule has 1 unspecified atom stereocenters. The molecule has 1 fully saturated rings. The fourth-order valence-electron chi connectivity index (χ4n) is 3.06. The first-order chi connectivity index (χ1) is 12.2. The molecule has 1 heterocycles. The molecule has 1 aliphatic rings. The van der Waals surface area contributed by atoms with Crippen LogP contribution in [0, 0.1) is 11.3 Å². The lowest BCUT2D eigenvalue weighted by atomic mass is 10.1. The third-order valence-corrected chi connectivity index (χ3v) is 4.27. The van der Waals surface area contributed by atoms with Gasteiger partial charge in [0.1, 0.15) is 6.04 Å². The molecule has 0 spiro atoms. The highest BCUT2D eigenvalue weighted by Gasteiger charge is 2.45. The van der Waals surface area contributed by atoms with Gasteiger partial charge in [-0.05, 0) is 17.5 Å². The van der Waals surface area contributed by atoms with Gasteiger partial charge in [-0.2, -0.15) is 5.26 Å². The van der Waals surface area contributed by atoms with Gasteiger partial charge >= 0.3 is 6.03 Å². The second-order valence-corrected chi connectivity index (χ2v) is 5.96. The van der Waals surface area contributed by atoms with Crippen molar-refractivity contribution in [1.29, 1.82) is 5.26 Å². The molecule has 25 heavy (non-hydrogen) atoms. The molecule has 3 rings (SSSR count). The van der Waals surface area contributed by atoms with Crippen molar-refractivity contribution in [3.05, 3.63) is 71.8 Å². The maximum Gasteiger partial charge on any atom is 0.328 e. The average Bonchev–Trinajstić information content (AvgIpc) is 2.88. The van der Waals surface area contributed by atoms with Crippen LogP contribution in [0.15, 0.2) is 60.7 Å². The number of carbonyl (C=O) groups excluding carboxylic acids is 2. The Morgan fingerprint density at radius 3 is 2.24 bits per heavy atom. The standard InChI is InChI=1S/C20H19N3O2/c21-13-7-8-14-22-19(24)18(17-11-5-2-6-12-17)23(20(22)25)15-16-9-3-1-4-10-16/h1-6,9-12,18H,7-8,14-15H2. The maximum atomic E-state index is 12.9. The lowest BCUT2D eigenvalue weighted by Gasteiger charge is -2.22. The highest BCUT2D eigenvalue weighted by atomic mass is 16.2. The molecule has 0 aromatic heterocycles. The van der Waals surface area contributed by atoms with E-state index in [2.05, 4.69) is 6.07 Å². The summed E-state index contributed by atoms with van der Waals surface area (Å²) in [5, 5.41) is 8.70. The highest BCUT2D eigenvalue weighted by Crippen LogP contribution is 2.32. The molecule has 0 bridgehead atoms. The molecular formula is C20H19N3O2. The summed E-state index contributed by atoms with van der Waals surface area (Å²) >= 11 is 0.